The molecular weight excluding hydrogens is 398 g/mol. The van der Waals surface area contributed by atoms with Crippen LogP contribution >= 0.6 is 12.4 Å². The molecule has 0 radical (unpaired) electrons. The van der Waals surface area contributed by atoms with Crippen molar-refractivity contribution >= 4 is 18.3 Å². The Bertz CT molecular complexity index is 1010. The van der Waals surface area contributed by atoms with Gasteiger partial charge in [-0.2, -0.15) is 0 Å². The van der Waals surface area contributed by atoms with Crippen LogP contribution in [0.5, 0.6) is 0 Å². The van der Waals surface area contributed by atoms with Crippen LogP contribution in [0.15, 0.2) is 59.0 Å². The topological polar surface area (TPSA) is 58.4 Å². The van der Waals surface area contributed by atoms with Gasteiger partial charge in [-0.25, -0.2) is 4.98 Å². The zero-order valence-electron chi connectivity index (χ0n) is 16.8. The van der Waals surface area contributed by atoms with Crippen molar-refractivity contribution < 1.29 is 9.21 Å². The molecule has 30 heavy (non-hydrogen) atoms. The van der Waals surface area contributed by atoms with E-state index in [1.807, 2.05) is 41.3 Å². The lowest BCUT2D eigenvalue weighted by Gasteiger charge is -2.27. The second-order valence-electron chi connectivity index (χ2n) is 7.89. The predicted molar refractivity (Wildman–Crippen MR) is 118 cm³/mol. The molecule has 5 rings (SSSR count). The van der Waals surface area contributed by atoms with E-state index in [9.17, 15) is 4.79 Å². The van der Waals surface area contributed by atoms with E-state index in [-0.39, 0.29) is 18.3 Å². The maximum atomic E-state index is 13.3. The third-order valence-corrected chi connectivity index (χ3v) is 5.95. The van der Waals surface area contributed by atoms with E-state index in [4.69, 9.17) is 9.40 Å². The number of hydrogen-bond acceptors (Lipinski definition) is 4. The number of benzene rings is 2. The van der Waals surface area contributed by atoms with Crippen molar-refractivity contribution in [2.24, 2.45) is 0 Å². The highest BCUT2D eigenvalue weighted by Gasteiger charge is 2.29. The summed E-state index contributed by atoms with van der Waals surface area (Å²) < 4.78 is 5.99. The lowest BCUT2D eigenvalue weighted by Crippen LogP contribution is -2.36. The molecule has 5 nitrogen and oxygen atoms in total. The van der Waals surface area contributed by atoms with E-state index in [1.165, 1.54) is 11.1 Å². The van der Waals surface area contributed by atoms with E-state index in [1.54, 1.807) is 0 Å². The van der Waals surface area contributed by atoms with Gasteiger partial charge in [-0.15, -0.1) is 12.4 Å². The van der Waals surface area contributed by atoms with Gasteiger partial charge in [-0.05, 0) is 36.1 Å². The van der Waals surface area contributed by atoms with Gasteiger partial charge >= 0.3 is 0 Å². The molecule has 6 heteroatoms. The van der Waals surface area contributed by atoms with Crippen molar-refractivity contribution in [1.29, 1.82) is 0 Å². The molecule has 1 unspecified atom stereocenters. The van der Waals surface area contributed by atoms with E-state index >= 15 is 0 Å². The smallest absolute Gasteiger partial charge is 0.254 e. The number of carbonyl (C=O) groups excluding carboxylic acids is 1. The standard InChI is InChI=1S/C24H25N3O2.ClH/c28-24(20-9-5-4-8-19(20)18-10-12-25-15-18)27-13-11-22-21(16-27)26-23(29-22)14-17-6-2-1-3-7-17;/h1-9,18,25H,10-16H2;1H. The van der Waals surface area contributed by atoms with Gasteiger partial charge in [0, 0.05) is 31.5 Å². The molecule has 1 saturated heterocycles. The molecule has 156 valence electrons. The van der Waals surface area contributed by atoms with Crippen LogP contribution < -0.4 is 5.32 Å². The van der Waals surface area contributed by atoms with E-state index < -0.39 is 0 Å². The summed E-state index contributed by atoms with van der Waals surface area (Å²) >= 11 is 0. The molecule has 2 aliphatic rings. The summed E-state index contributed by atoms with van der Waals surface area (Å²) in [6, 6.07) is 18.3. The van der Waals surface area contributed by atoms with Crippen molar-refractivity contribution in [2.75, 3.05) is 19.6 Å². The van der Waals surface area contributed by atoms with Crippen molar-refractivity contribution in [3.05, 3.63) is 88.6 Å². The van der Waals surface area contributed by atoms with Gasteiger partial charge in [0.2, 0.25) is 0 Å². The van der Waals surface area contributed by atoms with Crippen LogP contribution in [-0.4, -0.2) is 35.4 Å². The summed E-state index contributed by atoms with van der Waals surface area (Å²) in [5.41, 5.74) is 4.07. The number of rotatable bonds is 4. The Hall–Kier alpha value is -2.63. The summed E-state index contributed by atoms with van der Waals surface area (Å²) in [6.07, 6.45) is 2.48. The first kappa shape index (κ1) is 20.6. The SMILES string of the molecule is Cl.O=C(c1ccccc1C1CCNC1)N1CCc2oc(Cc3ccccc3)nc2C1. The number of halogens is 1. The molecule has 0 aliphatic carbocycles. The maximum Gasteiger partial charge on any atom is 0.254 e. The highest BCUT2D eigenvalue weighted by atomic mass is 35.5. The van der Waals surface area contributed by atoms with Gasteiger partial charge < -0.3 is 14.6 Å². The van der Waals surface area contributed by atoms with Crippen molar-refractivity contribution in [1.82, 2.24) is 15.2 Å². The second-order valence-corrected chi connectivity index (χ2v) is 7.89. The summed E-state index contributed by atoms with van der Waals surface area (Å²) in [7, 11) is 0. The number of aromatic nitrogens is 1. The summed E-state index contributed by atoms with van der Waals surface area (Å²) in [5, 5.41) is 3.40. The van der Waals surface area contributed by atoms with Gasteiger partial charge in [-0.3, -0.25) is 4.79 Å². The maximum absolute atomic E-state index is 13.3. The van der Waals surface area contributed by atoms with Crippen LogP contribution in [0.3, 0.4) is 0 Å². The van der Waals surface area contributed by atoms with Crippen molar-refractivity contribution in [2.45, 2.75) is 31.7 Å². The molecule has 2 aromatic carbocycles. The van der Waals surface area contributed by atoms with Crippen LogP contribution in [0, 0.1) is 0 Å². The van der Waals surface area contributed by atoms with E-state index in [0.29, 0.717) is 25.4 Å². The van der Waals surface area contributed by atoms with Gasteiger partial charge in [0.05, 0.1) is 6.54 Å². The first-order valence-electron chi connectivity index (χ1n) is 10.4. The molecule has 2 aliphatic heterocycles. The number of oxazole rings is 1. The molecule has 1 aromatic heterocycles. The molecule has 0 saturated carbocycles. The Morgan fingerprint density at radius 1 is 1.13 bits per heavy atom. The van der Waals surface area contributed by atoms with Crippen molar-refractivity contribution in [3.8, 4) is 0 Å². The van der Waals surface area contributed by atoms with Crippen LogP contribution in [-0.2, 0) is 19.4 Å². The van der Waals surface area contributed by atoms with E-state index in [2.05, 4.69) is 23.5 Å². The molecule has 1 atom stereocenters. The molecular formula is C24H26ClN3O2. The molecule has 1 N–H and O–H groups in total. The molecule has 0 bridgehead atoms. The lowest BCUT2D eigenvalue weighted by molar-refractivity contribution is 0.0726. The average molecular weight is 424 g/mol. The van der Waals surface area contributed by atoms with E-state index in [0.717, 1.165) is 48.8 Å². The lowest BCUT2D eigenvalue weighted by atomic mass is 9.92. The number of nitrogens with one attached hydrogen (secondary N) is 1. The Labute approximate surface area is 182 Å². The largest absolute Gasteiger partial charge is 0.445 e. The second kappa shape index (κ2) is 9.02. The van der Waals surface area contributed by atoms with Gasteiger partial charge in [-0.1, -0.05) is 48.5 Å². The number of carbonyl (C=O) groups is 1. The number of nitrogens with zero attached hydrogens (tertiary/aromatic N) is 2. The quantitative estimate of drug-likeness (QED) is 0.690. The molecule has 3 heterocycles. The molecule has 3 aromatic rings. The summed E-state index contributed by atoms with van der Waals surface area (Å²) in [5.74, 6) is 2.17. The van der Waals surface area contributed by atoms with Crippen LogP contribution in [0.2, 0.25) is 0 Å². The van der Waals surface area contributed by atoms with Gasteiger partial charge in [0.25, 0.3) is 5.91 Å². The third-order valence-electron chi connectivity index (χ3n) is 5.95. The molecule has 1 fully saturated rings. The molecule has 1 amide bonds. The van der Waals surface area contributed by atoms with Crippen LogP contribution in [0.4, 0.5) is 0 Å². The highest BCUT2D eigenvalue weighted by molar-refractivity contribution is 5.96. The monoisotopic (exact) mass is 423 g/mol. The first-order valence-corrected chi connectivity index (χ1v) is 10.4. The Morgan fingerprint density at radius 2 is 1.93 bits per heavy atom. The Morgan fingerprint density at radius 3 is 2.73 bits per heavy atom. The summed E-state index contributed by atoms with van der Waals surface area (Å²) in [4.78, 5) is 19.9. The highest BCUT2D eigenvalue weighted by Crippen LogP contribution is 2.28. The average Bonchev–Trinajstić information content (AvgIpc) is 3.43. The van der Waals surface area contributed by atoms with Gasteiger partial charge in [0.1, 0.15) is 11.5 Å². The fourth-order valence-electron chi connectivity index (χ4n) is 4.41. The van der Waals surface area contributed by atoms with Crippen LogP contribution in [0.25, 0.3) is 0 Å². The third kappa shape index (κ3) is 4.13. The zero-order chi connectivity index (χ0) is 19.6. The Balaban J connectivity index is 0.00000218. The predicted octanol–water partition coefficient (Wildman–Crippen LogP) is 3.96. The fourth-order valence-corrected chi connectivity index (χ4v) is 4.41. The zero-order valence-corrected chi connectivity index (χ0v) is 17.7. The van der Waals surface area contributed by atoms with Gasteiger partial charge in [0.15, 0.2) is 5.89 Å². The normalized spacial score (nSPS) is 18.0. The fraction of sp³-hybridized carbons (Fsp3) is 0.333. The number of fused-ring (bicyclic) bond motifs is 1. The minimum atomic E-state index is 0. The first-order chi connectivity index (χ1) is 14.3. The number of hydrogen-bond donors (Lipinski definition) is 1. The minimum absolute atomic E-state index is 0. The number of amides is 1. The van der Waals surface area contributed by atoms with Crippen LogP contribution in [0.1, 0.15) is 51.2 Å². The minimum Gasteiger partial charge on any atom is -0.445 e. The Kier molecular flexibility index (Phi) is 6.21. The molecule has 0 spiro atoms. The summed E-state index contributed by atoms with van der Waals surface area (Å²) in [6.45, 7) is 3.15. The van der Waals surface area contributed by atoms with Crippen molar-refractivity contribution in [3.63, 3.8) is 0 Å².